The summed E-state index contributed by atoms with van der Waals surface area (Å²) in [5.41, 5.74) is 1.58. The molecule has 3 rings (SSSR count). The Kier molecular flexibility index (Phi) is 4.74. The predicted octanol–water partition coefficient (Wildman–Crippen LogP) is 1.78. The van der Waals surface area contributed by atoms with Gasteiger partial charge in [0.2, 0.25) is 5.95 Å². The van der Waals surface area contributed by atoms with E-state index in [0.717, 1.165) is 5.56 Å². The van der Waals surface area contributed by atoms with Crippen LogP contribution in [0.5, 0.6) is 0 Å². The van der Waals surface area contributed by atoms with Crippen molar-refractivity contribution >= 4 is 11.9 Å². The maximum Gasteiger partial charge on any atom is 0.263 e. The second-order valence-electron chi connectivity index (χ2n) is 5.83. The van der Waals surface area contributed by atoms with E-state index < -0.39 is 5.91 Å². The fraction of sp³-hybridized carbons (Fsp3) is 0.222. The van der Waals surface area contributed by atoms with Crippen LogP contribution in [-0.4, -0.2) is 25.2 Å². The fourth-order valence-electron chi connectivity index (χ4n) is 2.57. The second kappa shape index (κ2) is 7.12. The summed E-state index contributed by atoms with van der Waals surface area (Å²) in [6.07, 6.45) is 3.92. The van der Waals surface area contributed by atoms with Crippen LogP contribution in [0.4, 0.5) is 5.95 Å². The van der Waals surface area contributed by atoms with Crippen LogP contribution in [0.1, 0.15) is 21.5 Å². The van der Waals surface area contributed by atoms with Crippen molar-refractivity contribution in [3.05, 3.63) is 76.0 Å². The van der Waals surface area contributed by atoms with E-state index in [1.54, 1.807) is 35.4 Å². The largest absolute Gasteiger partial charge is 0.315 e. The van der Waals surface area contributed by atoms with Crippen LogP contribution in [0.25, 0.3) is 0 Å². The molecule has 0 aliphatic carbocycles. The molecule has 7 nitrogen and oxygen atoms in total. The molecule has 0 atom stereocenters. The first-order chi connectivity index (χ1) is 12.1. The quantitative estimate of drug-likeness (QED) is 0.769. The number of aromatic nitrogens is 4. The average molecular weight is 337 g/mol. The fourth-order valence-corrected chi connectivity index (χ4v) is 2.57. The number of nitrogens with zero attached hydrogens (tertiary/aromatic N) is 4. The molecule has 1 amide bonds. The molecule has 0 saturated carbocycles. The Bertz CT molecular complexity index is 944. The topological polar surface area (TPSA) is 81.8 Å². The van der Waals surface area contributed by atoms with Crippen LogP contribution in [-0.2, 0) is 20.0 Å². The molecule has 0 spiro atoms. The standard InChI is InChI=1S/C18H19N5O2/c1-13-8-10-23(11-9-14-6-4-3-5-7-14)17(25)15(13)16(24)20-18-21-19-12-22(18)2/h3-8,10,12H,9,11H2,1-2H3,(H,20,21,24). The summed E-state index contributed by atoms with van der Waals surface area (Å²) in [6, 6.07) is 11.7. The van der Waals surface area contributed by atoms with Crippen LogP contribution in [0.3, 0.4) is 0 Å². The van der Waals surface area contributed by atoms with Crippen molar-refractivity contribution in [3.8, 4) is 0 Å². The summed E-state index contributed by atoms with van der Waals surface area (Å²) in [4.78, 5) is 25.3. The summed E-state index contributed by atoms with van der Waals surface area (Å²) in [6.45, 7) is 2.25. The summed E-state index contributed by atoms with van der Waals surface area (Å²) < 4.78 is 3.13. The minimum Gasteiger partial charge on any atom is -0.315 e. The zero-order valence-corrected chi connectivity index (χ0v) is 14.1. The molecule has 3 aromatic rings. The number of pyridine rings is 1. The van der Waals surface area contributed by atoms with Crippen molar-refractivity contribution in [1.29, 1.82) is 0 Å². The van der Waals surface area contributed by atoms with E-state index in [4.69, 9.17) is 0 Å². The summed E-state index contributed by atoms with van der Waals surface area (Å²) in [5, 5.41) is 10.1. The number of nitrogens with one attached hydrogen (secondary N) is 1. The van der Waals surface area contributed by atoms with Gasteiger partial charge in [0.1, 0.15) is 11.9 Å². The van der Waals surface area contributed by atoms with E-state index in [1.807, 2.05) is 30.3 Å². The third-order valence-corrected chi connectivity index (χ3v) is 4.02. The molecular weight excluding hydrogens is 318 g/mol. The molecule has 2 heterocycles. The van der Waals surface area contributed by atoms with E-state index in [0.29, 0.717) is 24.5 Å². The first-order valence-corrected chi connectivity index (χ1v) is 7.95. The predicted molar refractivity (Wildman–Crippen MR) is 94.5 cm³/mol. The molecule has 1 N–H and O–H groups in total. The number of rotatable bonds is 5. The van der Waals surface area contributed by atoms with E-state index in [-0.39, 0.29) is 11.1 Å². The summed E-state index contributed by atoms with van der Waals surface area (Å²) in [7, 11) is 1.71. The third kappa shape index (κ3) is 3.65. The highest BCUT2D eigenvalue weighted by atomic mass is 16.2. The summed E-state index contributed by atoms with van der Waals surface area (Å²) in [5.74, 6) is -0.184. The van der Waals surface area contributed by atoms with Gasteiger partial charge in [0.25, 0.3) is 11.5 Å². The monoisotopic (exact) mass is 337 g/mol. The Morgan fingerprint density at radius 3 is 2.64 bits per heavy atom. The molecular formula is C18H19N5O2. The highest BCUT2D eigenvalue weighted by Gasteiger charge is 2.17. The molecule has 128 valence electrons. The zero-order valence-electron chi connectivity index (χ0n) is 14.1. The minimum atomic E-state index is -0.479. The van der Waals surface area contributed by atoms with Gasteiger partial charge in [-0.25, -0.2) is 0 Å². The third-order valence-electron chi connectivity index (χ3n) is 4.02. The molecule has 7 heteroatoms. The van der Waals surface area contributed by atoms with Crippen molar-refractivity contribution < 1.29 is 4.79 Å². The molecule has 25 heavy (non-hydrogen) atoms. The Hall–Kier alpha value is -3.22. The van der Waals surface area contributed by atoms with Gasteiger partial charge in [-0.1, -0.05) is 30.3 Å². The average Bonchev–Trinajstić information content (AvgIpc) is 3.00. The van der Waals surface area contributed by atoms with Gasteiger partial charge >= 0.3 is 0 Å². The Morgan fingerprint density at radius 2 is 1.96 bits per heavy atom. The lowest BCUT2D eigenvalue weighted by Gasteiger charge is -2.11. The zero-order chi connectivity index (χ0) is 17.8. The molecule has 1 aromatic carbocycles. The van der Waals surface area contributed by atoms with Crippen molar-refractivity contribution in [1.82, 2.24) is 19.3 Å². The number of hydrogen-bond acceptors (Lipinski definition) is 4. The van der Waals surface area contributed by atoms with Crippen LogP contribution < -0.4 is 10.9 Å². The maximum atomic E-state index is 12.7. The lowest BCUT2D eigenvalue weighted by atomic mass is 10.1. The number of hydrogen-bond donors (Lipinski definition) is 1. The first-order valence-electron chi connectivity index (χ1n) is 7.95. The van der Waals surface area contributed by atoms with Crippen molar-refractivity contribution in [2.24, 2.45) is 7.05 Å². The van der Waals surface area contributed by atoms with Gasteiger partial charge in [-0.3, -0.25) is 14.9 Å². The normalized spacial score (nSPS) is 10.6. The molecule has 0 fully saturated rings. The molecule has 2 aromatic heterocycles. The lowest BCUT2D eigenvalue weighted by molar-refractivity contribution is 0.102. The number of benzene rings is 1. The van der Waals surface area contributed by atoms with Crippen LogP contribution in [0, 0.1) is 6.92 Å². The Morgan fingerprint density at radius 1 is 1.20 bits per heavy atom. The molecule has 0 radical (unpaired) electrons. The molecule has 0 unspecified atom stereocenters. The van der Waals surface area contributed by atoms with Gasteiger partial charge in [0.15, 0.2) is 0 Å². The number of carbonyl (C=O) groups is 1. The number of amides is 1. The highest BCUT2D eigenvalue weighted by molar-refractivity contribution is 6.04. The summed E-state index contributed by atoms with van der Waals surface area (Å²) >= 11 is 0. The Labute approximate surface area is 144 Å². The second-order valence-corrected chi connectivity index (χ2v) is 5.83. The van der Waals surface area contributed by atoms with E-state index in [2.05, 4.69) is 15.5 Å². The van der Waals surface area contributed by atoms with Gasteiger partial charge in [-0.2, -0.15) is 0 Å². The molecule has 0 saturated heterocycles. The van der Waals surface area contributed by atoms with Crippen molar-refractivity contribution in [2.45, 2.75) is 19.9 Å². The maximum absolute atomic E-state index is 12.7. The molecule has 0 bridgehead atoms. The lowest BCUT2D eigenvalue weighted by Crippen LogP contribution is -2.31. The van der Waals surface area contributed by atoms with E-state index in [1.165, 1.54) is 6.33 Å². The smallest absolute Gasteiger partial charge is 0.263 e. The molecule has 0 aliphatic heterocycles. The van der Waals surface area contributed by atoms with E-state index >= 15 is 0 Å². The van der Waals surface area contributed by atoms with Crippen LogP contribution in [0.2, 0.25) is 0 Å². The molecule has 0 aliphatic rings. The van der Waals surface area contributed by atoms with Crippen LogP contribution >= 0.6 is 0 Å². The minimum absolute atomic E-state index is 0.124. The van der Waals surface area contributed by atoms with Gasteiger partial charge in [0.05, 0.1) is 0 Å². The van der Waals surface area contributed by atoms with Crippen LogP contribution in [0.15, 0.2) is 53.7 Å². The van der Waals surface area contributed by atoms with Gasteiger partial charge < -0.3 is 9.13 Å². The first kappa shape index (κ1) is 16.6. The highest BCUT2D eigenvalue weighted by Crippen LogP contribution is 2.07. The van der Waals surface area contributed by atoms with Crippen molar-refractivity contribution in [2.75, 3.05) is 5.32 Å². The van der Waals surface area contributed by atoms with Gasteiger partial charge in [-0.15, -0.1) is 10.2 Å². The SMILES string of the molecule is Cc1ccn(CCc2ccccc2)c(=O)c1C(=O)Nc1nncn1C. The van der Waals surface area contributed by atoms with E-state index in [9.17, 15) is 9.59 Å². The van der Waals surface area contributed by atoms with Gasteiger partial charge in [0, 0.05) is 19.8 Å². The van der Waals surface area contributed by atoms with Crippen molar-refractivity contribution in [3.63, 3.8) is 0 Å². The Balaban J connectivity index is 1.83. The number of aryl methyl sites for hydroxylation is 4. The number of carbonyl (C=O) groups excluding carboxylic acids is 1. The number of anilines is 1. The van der Waals surface area contributed by atoms with Gasteiger partial charge in [-0.05, 0) is 30.5 Å².